The smallest absolute Gasteiger partial charge is 0.326 e. The Morgan fingerprint density at radius 1 is 1.37 bits per heavy atom. The van der Waals surface area contributed by atoms with Gasteiger partial charge in [0.15, 0.2) is 0 Å². The minimum Gasteiger partial charge on any atom is -0.326 e. The van der Waals surface area contributed by atoms with Crippen molar-refractivity contribution in [2.24, 2.45) is 5.92 Å². The van der Waals surface area contributed by atoms with Crippen LogP contribution in [0.5, 0.6) is 0 Å². The van der Waals surface area contributed by atoms with Crippen molar-refractivity contribution in [1.29, 1.82) is 0 Å². The van der Waals surface area contributed by atoms with Gasteiger partial charge < -0.3 is 5.32 Å². The quantitative estimate of drug-likeness (QED) is 0.859. The fraction of sp³-hybridized carbons (Fsp3) is 0.500. The number of rotatable bonds is 2. The molecule has 0 fully saturated rings. The van der Waals surface area contributed by atoms with Crippen molar-refractivity contribution >= 4 is 11.6 Å². The lowest BCUT2D eigenvalue weighted by atomic mass is 9.83. The highest BCUT2D eigenvalue weighted by Gasteiger charge is 2.33. The lowest BCUT2D eigenvalue weighted by Crippen LogP contribution is -2.24. The molecular weight excluding hydrogens is 255 g/mol. The van der Waals surface area contributed by atoms with Crippen molar-refractivity contribution in [1.82, 2.24) is 0 Å². The maximum absolute atomic E-state index is 12.7. The van der Waals surface area contributed by atoms with Gasteiger partial charge in [-0.3, -0.25) is 4.79 Å². The molecule has 0 aromatic heterocycles. The third kappa shape index (κ3) is 3.08. The first-order chi connectivity index (χ1) is 8.77. The van der Waals surface area contributed by atoms with Crippen LogP contribution in [0.2, 0.25) is 0 Å². The largest absolute Gasteiger partial charge is 0.416 e. The van der Waals surface area contributed by atoms with Crippen molar-refractivity contribution in [2.75, 3.05) is 5.32 Å². The van der Waals surface area contributed by atoms with E-state index in [9.17, 15) is 18.0 Å². The first-order valence-electron chi connectivity index (χ1n) is 6.28. The van der Waals surface area contributed by atoms with Gasteiger partial charge >= 0.3 is 6.18 Å². The molecule has 0 saturated heterocycles. The number of alkyl halides is 3. The predicted octanol–water partition coefficient (Wildman–Crippen LogP) is 4.18. The molecule has 1 aromatic rings. The summed E-state index contributed by atoms with van der Waals surface area (Å²) in [6, 6.07) is 3.53. The van der Waals surface area contributed by atoms with Crippen LogP contribution >= 0.6 is 0 Å². The van der Waals surface area contributed by atoms with Crippen LogP contribution in [0.25, 0.3) is 0 Å². The monoisotopic (exact) mass is 271 g/mol. The highest BCUT2D eigenvalue weighted by atomic mass is 19.4. The van der Waals surface area contributed by atoms with Gasteiger partial charge in [0.05, 0.1) is 5.56 Å². The molecule has 0 spiro atoms. The highest BCUT2D eigenvalue weighted by Crippen LogP contribution is 2.40. The number of carbonyl (C=O) groups excluding carboxylic acids is 1. The first-order valence-corrected chi connectivity index (χ1v) is 6.28. The Labute approximate surface area is 110 Å². The van der Waals surface area contributed by atoms with E-state index in [-0.39, 0.29) is 18.2 Å². The number of nitrogens with one attached hydrogen (secondary N) is 1. The number of halogens is 3. The van der Waals surface area contributed by atoms with Crippen LogP contribution in [0.4, 0.5) is 18.9 Å². The van der Waals surface area contributed by atoms with Gasteiger partial charge in [-0.15, -0.1) is 0 Å². The number of hydrogen-bond donors (Lipinski definition) is 1. The molecule has 0 aliphatic carbocycles. The second-order valence-electron chi connectivity index (χ2n) is 5.38. The van der Waals surface area contributed by atoms with Crippen LogP contribution < -0.4 is 5.32 Å². The van der Waals surface area contributed by atoms with Gasteiger partial charge in [-0.1, -0.05) is 13.8 Å². The summed E-state index contributed by atoms with van der Waals surface area (Å²) in [4.78, 5) is 11.6. The minimum absolute atomic E-state index is 0.127. The molecule has 1 unspecified atom stereocenters. The SMILES string of the molecule is CC(C)CC1CC(=O)Nc2ccc(C(F)(F)F)cc21. The molecule has 1 aliphatic heterocycles. The lowest BCUT2D eigenvalue weighted by molar-refractivity contribution is -0.137. The van der Waals surface area contributed by atoms with E-state index in [1.807, 2.05) is 13.8 Å². The summed E-state index contributed by atoms with van der Waals surface area (Å²) in [5, 5.41) is 2.64. The molecule has 1 amide bonds. The molecule has 2 rings (SSSR count). The topological polar surface area (TPSA) is 29.1 Å². The molecule has 1 atom stereocenters. The Bertz CT molecular complexity index is 494. The average Bonchev–Trinajstić information content (AvgIpc) is 2.26. The molecule has 0 saturated carbocycles. The number of carbonyl (C=O) groups is 1. The van der Waals surface area contributed by atoms with Crippen molar-refractivity contribution in [2.45, 2.75) is 38.8 Å². The summed E-state index contributed by atoms with van der Waals surface area (Å²) < 4.78 is 38.2. The highest BCUT2D eigenvalue weighted by molar-refractivity contribution is 5.94. The molecule has 1 N–H and O–H groups in total. The van der Waals surface area contributed by atoms with Crippen LogP contribution in [0, 0.1) is 5.92 Å². The van der Waals surface area contributed by atoms with Gasteiger partial charge in [-0.25, -0.2) is 0 Å². The molecular formula is C14H16F3NO. The van der Waals surface area contributed by atoms with E-state index in [0.29, 0.717) is 23.6 Å². The maximum Gasteiger partial charge on any atom is 0.416 e. The van der Waals surface area contributed by atoms with Gasteiger partial charge in [0.2, 0.25) is 5.91 Å². The Morgan fingerprint density at radius 3 is 2.63 bits per heavy atom. The third-order valence-corrected chi connectivity index (χ3v) is 3.28. The van der Waals surface area contributed by atoms with Gasteiger partial charge in [-0.2, -0.15) is 13.2 Å². The molecule has 1 heterocycles. The molecule has 104 valence electrons. The summed E-state index contributed by atoms with van der Waals surface area (Å²) in [5.74, 6) is 0.0715. The summed E-state index contributed by atoms with van der Waals surface area (Å²) in [7, 11) is 0. The molecule has 0 radical (unpaired) electrons. The summed E-state index contributed by atoms with van der Waals surface area (Å²) in [6.07, 6.45) is -3.38. The number of amides is 1. The van der Waals surface area contributed by atoms with E-state index in [2.05, 4.69) is 5.32 Å². The second-order valence-corrected chi connectivity index (χ2v) is 5.38. The van der Waals surface area contributed by atoms with Crippen molar-refractivity contribution in [3.8, 4) is 0 Å². The van der Waals surface area contributed by atoms with Crippen LogP contribution in [0.1, 0.15) is 43.7 Å². The first kappa shape index (κ1) is 13.9. The van der Waals surface area contributed by atoms with Crippen LogP contribution in [0.15, 0.2) is 18.2 Å². The van der Waals surface area contributed by atoms with Crippen molar-refractivity contribution in [3.05, 3.63) is 29.3 Å². The third-order valence-electron chi connectivity index (χ3n) is 3.28. The molecule has 19 heavy (non-hydrogen) atoms. The van der Waals surface area contributed by atoms with Gasteiger partial charge in [0, 0.05) is 12.1 Å². The maximum atomic E-state index is 12.7. The predicted molar refractivity (Wildman–Crippen MR) is 66.9 cm³/mol. The van der Waals surface area contributed by atoms with E-state index < -0.39 is 11.7 Å². The van der Waals surface area contributed by atoms with Crippen LogP contribution in [0.3, 0.4) is 0 Å². The van der Waals surface area contributed by atoms with Crippen molar-refractivity contribution < 1.29 is 18.0 Å². The van der Waals surface area contributed by atoms with Gasteiger partial charge in [-0.05, 0) is 42.0 Å². The molecule has 1 aliphatic rings. The number of hydrogen-bond acceptors (Lipinski definition) is 1. The zero-order valence-corrected chi connectivity index (χ0v) is 10.8. The normalized spacial score (nSPS) is 19.3. The summed E-state index contributed by atoms with van der Waals surface area (Å²) >= 11 is 0. The number of anilines is 1. The summed E-state index contributed by atoms with van der Waals surface area (Å²) in [6.45, 7) is 4.00. The Morgan fingerprint density at radius 2 is 2.05 bits per heavy atom. The molecule has 0 bridgehead atoms. The van der Waals surface area contributed by atoms with E-state index in [1.54, 1.807) is 0 Å². The van der Waals surface area contributed by atoms with E-state index >= 15 is 0 Å². The van der Waals surface area contributed by atoms with E-state index in [1.165, 1.54) is 12.1 Å². The lowest BCUT2D eigenvalue weighted by Gasteiger charge is -2.27. The van der Waals surface area contributed by atoms with Gasteiger partial charge in [0.25, 0.3) is 0 Å². The van der Waals surface area contributed by atoms with Gasteiger partial charge in [0.1, 0.15) is 0 Å². The summed E-state index contributed by atoms with van der Waals surface area (Å²) in [5.41, 5.74) is 0.453. The Balaban J connectivity index is 2.41. The zero-order chi connectivity index (χ0) is 14.2. The van der Waals surface area contributed by atoms with E-state index in [0.717, 1.165) is 6.07 Å². The Kier molecular flexibility index (Phi) is 3.56. The van der Waals surface area contributed by atoms with Crippen molar-refractivity contribution in [3.63, 3.8) is 0 Å². The fourth-order valence-electron chi connectivity index (χ4n) is 2.50. The zero-order valence-electron chi connectivity index (χ0n) is 10.8. The molecule has 1 aromatic carbocycles. The second kappa shape index (κ2) is 4.87. The molecule has 5 heteroatoms. The average molecular weight is 271 g/mol. The van der Waals surface area contributed by atoms with E-state index in [4.69, 9.17) is 0 Å². The number of benzene rings is 1. The Hall–Kier alpha value is -1.52. The molecule has 2 nitrogen and oxygen atoms in total. The van der Waals surface area contributed by atoms with Crippen LogP contribution in [-0.4, -0.2) is 5.91 Å². The number of fused-ring (bicyclic) bond motifs is 1. The van der Waals surface area contributed by atoms with Crippen LogP contribution in [-0.2, 0) is 11.0 Å². The fourth-order valence-corrected chi connectivity index (χ4v) is 2.50. The standard InChI is InChI=1S/C14H16F3NO/c1-8(2)5-9-6-13(19)18-12-4-3-10(7-11(9)12)14(15,16)17/h3-4,7-9H,5-6H2,1-2H3,(H,18,19). The minimum atomic E-state index is -4.35.